The van der Waals surface area contributed by atoms with E-state index in [4.69, 9.17) is 0 Å². The number of carbonyl (C=O) groups excluding carboxylic acids is 1. The quantitative estimate of drug-likeness (QED) is 0.774. The number of aromatic nitrogens is 3. The fraction of sp³-hybridized carbons (Fsp3) is 0.154. The molecule has 3 heterocycles. The molecule has 0 aliphatic heterocycles. The summed E-state index contributed by atoms with van der Waals surface area (Å²) in [5.74, 6) is -0.232. The van der Waals surface area contributed by atoms with Crippen molar-refractivity contribution in [2.24, 2.45) is 0 Å². The van der Waals surface area contributed by atoms with Crippen molar-refractivity contribution in [2.75, 3.05) is 0 Å². The molecule has 3 aromatic heterocycles. The second kappa shape index (κ2) is 5.30. The Hall–Kier alpha value is -2.41. The molecule has 0 atom stereocenters. The van der Waals surface area contributed by atoms with Crippen LogP contribution in [0.2, 0.25) is 0 Å². The predicted octanol–water partition coefficient (Wildman–Crippen LogP) is 0.874. The van der Waals surface area contributed by atoms with E-state index in [1.807, 2.05) is 17.5 Å². The molecule has 3 rings (SSSR count). The lowest BCUT2D eigenvalue weighted by molar-refractivity contribution is -0.122. The van der Waals surface area contributed by atoms with E-state index in [1.54, 1.807) is 35.7 Å². The van der Waals surface area contributed by atoms with E-state index in [-0.39, 0.29) is 18.1 Å². The van der Waals surface area contributed by atoms with Crippen LogP contribution in [0.1, 0.15) is 4.88 Å². The van der Waals surface area contributed by atoms with Gasteiger partial charge < -0.3 is 5.32 Å². The van der Waals surface area contributed by atoms with Crippen LogP contribution in [0.15, 0.2) is 46.7 Å². The lowest BCUT2D eigenvalue weighted by Crippen LogP contribution is -2.32. The van der Waals surface area contributed by atoms with Crippen LogP contribution in [0.5, 0.6) is 0 Å². The zero-order valence-electron chi connectivity index (χ0n) is 10.5. The number of thiophene rings is 1. The lowest BCUT2D eigenvalue weighted by atomic mass is 10.4. The molecular formula is C13H12N4O2S. The van der Waals surface area contributed by atoms with Crippen molar-refractivity contribution in [3.05, 3.63) is 57.3 Å². The molecule has 0 aliphatic rings. The fourth-order valence-corrected chi connectivity index (χ4v) is 2.51. The van der Waals surface area contributed by atoms with Gasteiger partial charge in [-0.1, -0.05) is 12.1 Å². The van der Waals surface area contributed by atoms with E-state index in [1.165, 1.54) is 9.08 Å². The second-order valence-corrected chi connectivity index (χ2v) is 5.26. The first kappa shape index (κ1) is 12.6. The van der Waals surface area contributed by atoms with Gasteiger partial charge in [0.1, 0.15) is 6.54 Å². The molecule has 1 N–H and O–H groups in total. The molecule has 3 aromatic rings. The van der Waals surface area contributed by atoms with Crippen LogP contribution in [-0.4, -0.2) is 20.1 Å². The predicted molar refractivity (Wildman–Crippen MR) is 75.6 cm³/mol. The number of rotatable bonds is 4. The topological polar surface area (TPSA) is 68.4 Å². The van der Waals surface area contributed by atoms with Crippen molar-refractivity contribution < 1.29 is 4.79 Å². The van der Waals surface area contributed by atoms with Gasteiger partial charge in [0.2, 0.25) is 5.91 Å². The number of carbonyl (C=O) groups is 1. The molecule has 20 heavy (non-hydrogen) atoms. The Kier molecular flexibility index (Phi) is 3.34. The summed E-state index contributed by atoms with van der Waals surface area (Å²) in [6, 6.07) is 9.14. The first-order valence-electron chi connectivity index (χ1n) is 6.07. The molecule has 0 fully saturated rings. The average Bonchev–Trinajstić information content (AvgIpc) is 3.07. The van der Waals surface area contributed by atoms with Gasteiger partial charge in [-0.3, -0.25) is 9.20 Å². The van der Waals surface area contributed by atoms with E-state index in [0.29, 0.717) is 12.2 Å². The fourth-order valence-electron chi connectivity index (χ4n) is 1.86. The molecule has 0 saturated heterocycles. The SMILES string of the molecule is O=C(Cn1nc2ccccn2c1=O)NCc1cccs1. The maximum Gasteiger partial charge on any atom is 0.350 e. The van der Waals surface area contributed by atoms with Crippen molar-refractivity contribution >= 4 is 22.9 Å². The minimum atomic E-state index is -0.313. The standard InChI is InChI=1S/C13H12N4O2S/c18-12(14-8-10-4-3-7-20-10)9-17-13(19)16-6-2-1-5-11(16)15-17/h1-7H,8-9H2,(H,14,18). The number of hydrogen-bond donors (Lipinski definition) is 1. The van der Waals surface area contributed by atoms with E-state index in [0.717, 1.165) is 4.88 Å². The van der Waals surface area contributed by atoms with Crippen molar-refractivity contribution in [1.82, 2.24) is 19.5 Å². The first-order valence-corrected chi connectivity index (χ1v) is 6.95. The van der Waals surface area contributed by atoms with Crippen molar-refractivity contribution in [2.45, 2.75) is 13.1 Å². The monoisotopic (exact) mass is 288 g/mol. The maximum absolute atomic E-state index is 12.0. The average molecular weight is 288 g/mol. The summed E-state index contributed by atoms with van der Waals surface area (Å²) in [5, 5.41) is 8.83. The van der Waals surface area contributed by atoms with Crippen LogP contribution < -0.4 is 11.0 Å². The van der Waals surface area contributed by atoms with Crippen LogP contribution >= 0.6 is 11.3 Å². The summed E-state index contributed by atoms with van der Waals surface area (Å²) in [6.07, 6.45) is 1.63. The smallest absolute Gasteiger partial charge is 0.350 e. The summed E-state index contributed by atoms with van der Waals surface area (Å²) >= 11 is 1.58. The summed E-state index contributed by atoms with van der Waals surface area (Å²) in [4.78, 5) is 24.9. The van der Waals surface area contributed by atoms with Crippen LogP contribution in [0.3, 0.4) is 0 Å². The van der Waals surface area contributed by atoms with E-state index >= 15 is 0 Å². The van der Waals surface area contributed by atoms with E-state index in [2.05, 4.69) is 10.4 Å². The maximum atomic E-state index is 12.0. The van der Waals surface area contributed by atoms with Crippen molar-refractivity contribution in [1.29, 1.82) is 0 Å². The van der Waals surface area contributed by atoms with Gasteiger partial charge in [-0.25, -0.2) is 9.48 Å². The summed E-state index contributed by atoms with van der Waals surface area (Å²) < 4.78 is 2.58. The number of hydrogen-bond acceptors (Lipinski definition) is 4. The molecule has 0 spiro atoms. The Morgan fingerprint density at radius 1 is 1.30 bits per heavy atom. The highest BCUT2D eigenvalue weighted by molar-refractivity contribution is 7.09. The van der Waals surface area contributed by atoms with Crippen LogP contribution in [0, 0.1) is 0 Å². The number of nitrogens with one attached hydrogen (secondary N) is 1. The van der Waals surface area contributed by atoms with Gasteiger partial charge in [-0.2, -0.15) is 0 Å². The van der Waals surface area contributed by atoms with Crippen LogP contribution in [0.4, 0.5) is 0 Å². The second-order valence-electron chi connectivity index (χ2n) is 4.23. The zero-order chi connectivity index (χ0) is 13.9. The molecule has 0 unspecified atom stereocenters. The van der Waals surface area contributed by atoms with Crippen LogP contribution in [-0.2, 0) is 17.9 Å². The zero-order valence-corrected chi connectivity index (χ0v) is 11.3. The molecule has 1 amide bonds. The molecule has 0 saturated carbocycles. The van der Waals surface area contributed by atoms with E-state index < -0.39 is 0 Å². The van der Waals surface area contributed by atoms with Gasteiger partial charge in [-0.15, -0.1) is 16.4 Å². The van der Waals surface area contributed by atoms with Crippen molar-refractivity contribution in [3.8, 4) is 0 Å². The summed E-state index contributed by atoms with van der Waals surface area (Å²) in [6.45, 7) is 0.393. The summed E-state index contributed by atoms with van der Waals surface area (Å²) in [7, 11) is 0. The van der Waals surface area contributed by atoms with Gasteiger partial charge in [0.25, 0.3) is 0 Å². The number of pyridine rings is 1. The highest BCUT2D eigenvalue weighted by Gasteiger charge is 2.10. The first-order chi connectivity index (χ1) is 9.74. The van der Waals surface area contributed by atoms with Gasteiger partial charge in [0, 0.05) is 11.1 Å². The highest BCUT2D eigenvalue weighted by Crippen LogP contribution is 2.07. The van der Waals surface area contributed by atoms with Gasteiger partial charge in [0.05, 0.1) is 6.54 Å². The Bertz CT molecular complexity index is 788. The lowest BCUT2D eigenvalue weighted by Gasteiger charge is -2.02. The third-order valence-electron chi connectivity index (χ3n) is 2.82. The number of nitrogens with zero attached hydrogens (tertiary/aromatic N) is 3. The van der Waals surface area contributed by atoms with Crippen LogP contribution in [0.25, 0.3) is 5.65 Å². The molecule has 0 aliphatic carbocycles. The van der Waals surface area contributed by atoms with E-state index in [9.17, 15) is 9.59 Å². The van der Waals surface area contributed by atoms with Gasteiger partial charge >= 0.3 is 5.69 Å². The molecule has 6 nitrogen and oxygen atoms in total. The molecule has 0 bridgehead atoms. The van der Waals surface area contributed by atoms with Gasteiger partial charge in [-0.05, 0) is 23.6 Å². The third-order valence-corrected chi connectivity index (χ3v) is 3.70. The Morgan fingerprint density at radius 2 is 2.20 bits per heavy atom. The Morgan fingerprint density at radius 3 is 2.95 bits per heavy atom. The highest BCUT2D eigenvalue weighted by atomic mass is 32.1. The third kappa shape index (κ3) is 2.48. The largest absolute Gasteiger partial charge is 0.350 e. The minimum Gasteiger partial charge on any atom is -0.350 e. The molecule has 102 valence electrons. The Balaban J connectivity index is 1.71. The Labute approximate surface area is 118 Å². The van der Waals surface area contributed by atoms with Crippen molar-refractivity contribution in [3.63, 3.8) is 0 Å². The normalized spacial score (nSPS) is 10.8. The number of amides is 1. The molecule has 7 heteroatoms. The van der Waals surface area contributed by atoms with Gasteiger partial charge in [0.15, 0.2) is 5.65 Å². The minimum absolute atomic E-state index is 0.0775. The summed E-state index contributed by atoms with van der Waals surface area (Å²) in [5.41, 5.74) is 0.218. The number of fused-ring (bicyclic) bond motifs is 1. The molecule has 0 radical (unpaired) electrons. The molecule has 0 aromatic carbocycles. The molecular weight excluding hydrogens is 276 g/mol.